The average molecular weight is 572 g/mol. The summed E-state index contributed by atoms with van der Waals surface area (Å²) in [5, 5.41) is 0. The van der Waals surface area contributed by atoms with Crippen LogP contribution in [-0.2, 0) is 18.9 Å². The molecule has 0 N–H and O–H groups in total. The van der Waals surface area contributed by atoms with Crippen LogP contribution in [0, 0.1) is 6.92 Å². The molecule has 0 rings (SSSR count). The van der Waals surface area contributed by atoms with Crippen molar-refractivity contribution in [2.24, 2.45) is 0 Å². The Hall–Kier alpha value is 0.0462. The smallest absolute Gasteiger partial charge is 1.00 e. The second-order valence-electron chi connectivity index (χ2n) is 7.96. The molecule has 0 aromatic heterocycles. The minimum atomic E-state index is -0.118. The maximum Gasteiger partial charge on any atom is 2.00 e. The molecule has 0 saturated carbocycles. The molecular weight excluding hydrogens is 517 g/mol. The van der Waals surface area contributed by atoms with Crippen molar-refractivity contribution < 1.29 is 35.9 Å². The van der Waals surface area contributed by atoms with E-state index in [4.69, 9.17) is 18.9 Å². The van der Waals surface area contributed by atoms with E-state index in [0.717, 1.165) is 50.5 Å². The average Bonchev–Trinajstić information content (AvgIpc) is 2.75. The third-order valence-corrected chi connectivity index (χ3v) is 4.38. The molecule has 0 amide bonds. The molecule has 0 aromatic rings. The van der Waals surface area contributed by atoms with E-state index >= 15 is 0 Å². The predicted octanol–water partition coefficient (Wildman–Crippen LogP) is 5.23. The first-order valence-electron chi connectivity index (χ1n) is 12.5. The fourth-order valence-corrected chi connectivity index (χ4v) is 2.43. The summed E-state index contributed by atoms with van der Waals surface area (Å²) in [7, 11) is 0. The summed E-state index contributed by atoms with van der Waals surface area (Å²) in [5.41, 5.74) is 4.76. The minimum Gasteiger partial charge on any atom is -1.00 e. The molecule has 0 aliphatic rings. The van der Waals surface area contributed by atoms with Crippen LogP contribution in [-0.4, -0.2) is 62.1 Å². The van der Waals surface area contributed by atoms with Gasteiger partial charge in [-0.1, -0.05) is 36.8 Å². The summed E-state index contributed by atoms with van der Waals surface area (Å²) in [6.07, 6.45) is 6.50. The number of halogens is 1. The Kier molecular flexibility index (Phi) is 43.8. The number of rotatable bonds is 18. The Bertz CT molecular complexity index is 497. The van der Waals surface area contributed by atoms with E-state index in [1.807, 2.05) is 34.6 Å². The van der Waals surface area contributed by atoms with Crippen LogP contribution in [0.5, 0.6) is 0 Å². The third-order valence-electron chi connectivity index (χ3n) is 4.38. The van der Waals surface area contributed by atoms with Crippen LogP contribution in [0.1, 0.15) is 93.4 Å². The van der Waals surface area contributed by atoms with Crippen molar-refractivity contribution in [1.82, 2.24) is 0 Å². The summed E-state index contributed by atoms with van der Waals surface area (Å²) in [6.45, 7) is 35.9. The van der Waals surface area contributed by atoms with Crippen molar-refractivity contribution in [2.75, 3.05) is 26.4 Å². The minimum absolute atomic E-state index is 0. The van der Waals surface area contributed by atoms with Crippen LogP contribution < -0.4 is 17.0 Å². The van der Waals surface area contributed by atoms with Crippen LogP contribution in [0.4, 0.5) is 0 Å². The molecule has 0 saturated heterocycles. The summed E-state index contributed by atoms with van der Waals surface area (Å²) in [6, 6.07) is 0. The van der Waals surface area contributed by atoms with Gasteiger partial charge in [-0.05, 0) is 67.2 Å². The molecule has 35 heavy (non-hydrogen) atoms. The standard InChI is InChI=1S/C14H26O2.C10H20O2.C5H9.BrH.Mg/c1-6-15-14(16-7-2)11-13(5)10-8-9-12(3)4;1-5-9(4)8-10(11-6-2)12-7-3;1-4-5(2)3;;/h14H,3,5-11H2,1-2,4H3;10H,4-8H2,1-3H3;1-2,4H2,3H3;1H;/q;;-1;;+2/p-1. The second kappa shape index (κ2) is 34.0. The number of ether oxygens (including phenoxy) is 4. The number of hydrogen-bond acceptors (Lipinski definition) is 4. The van der Waals surface area contributed by atoms with Gasteiger partial charge in [0, 0.05) is 39.3 Å². The Morgan fingerprint density at radius 2 is 1.00 bits per heavy atom. The maximum atomic E-state index is 5.48. The van der Waals surface area contributed by atoms with Gasteiger partial charge in [-0.25, -0.2) is 0 Å². The van der Waals surface area contributed by atoms with Crippen molar-refractivity contribution in [3.05, 3.63) is 55.5 Å². The van der Waals surface area contributed by atoms with Crippen LogP contribution in [0.15, 0.2) is 48.6 Å². The van der Waals surface area contributed by atoms with Crippen molar-refractivity contribution in [3.63, 3.8) is 0 Å². The van der Waals surface area contributed by atoms with Gasteiger partial charge in [0.15, 0.2) is 12.6 Å². The van der Waals surface area contributed by atoms with E-state index in [-0.39, 0.29) is 52.6 Å². The molecule has 0 radical (unpaired) electrons. The molecule has 0 aromatic carbocycles. The zero-order chi connectivity index (χ0) is 26.1. The molecule has 204 valence electrons. The summed E-state index contributed by atoms with van der Waals surface area (Å²) < 4.78 is 21.7. The monoisotopic (exact) mass is 570 g/mol. The molecule has 4 nitrogen and oxygen atoms in total. The first-order chi connectivity index (χ1) is 15.6. The third kappa shape index (κ3) is 38.7. The largest absolute Gasteiger partial charge is 2.00 e. The van der Waals surface area contributed by atoms with Crippen LogP contribution >= 0.6 is 0 Å². The van der Waals surface area contributed by atoms with Crippen molar-refractivity contribution in [1.29, 1.82) is 0 Å². The first kappa shape index (κ1) is 45.0. The number of hydrogen-bond donors (Lipinski definition) is 0. The van der Waals surface area contributed by atoms with Gasteiger partial charge in [-0.15, -0.1) is 18.7 Å². The van der Waals surface area contributed by atoms with Gasteiger partial charge in [-0.3, -0.25) is 0 Å². The van der Waals surface area contributed by atoms with Gasteiger partial charge < -0.3 is 42.9 Å². The van der Waals surface area contributed by atoms with E-state index < -0.39 is 0 Å². The normalized spacial score (nSPS) is 9.66. The fourth-order valence-electron chi connectivity index (χ4n) is 2.43. The van der Waals surface area contributed by atoms with Gasteiger partial charge in [0.1, 0.15) is 0 Å². The van der Waals surface area contributed by atoms with Crippen LogP contribution in [0.2, 0.25) is 0 Å². The summed E-state index contributed by atoms with van der Waals surface area (Å²) in [4.78, 5) is 0. The Morgan fingerprint density at radius 1 is 0.657 bits per heavy atom. The molecule has 6 heteroatoms. The molecule has 0 fully saturated rings. The SMILES string of the molecule is C=C(C)CCCC(=C)CC(OCC)OCC.C=C(C)C[CH2-].C=C(CC)CC(OCC)OCC.[Br-].[Mg+2]. The van der Waals surface area contributed by atoms with Gasteiger partial charge in [-0.2, -0.15) is 6.42 Å². The van der Waals surface area contributed by atoms with E-state index in [1.165, 1.54) is 16.7 Å². The maximum absolute atomic E-state index is 5.48. The zero-order valence-corrected chi connectivity index (χ0v) is 27.2. The first-order valence-corrected chi connectivity index (χ1v) is 12.5. The van der Waals surface area contributed by atoms with Crippen molar-refractivity contribution in [3.8, 4) is 0 Å². The van der Waals surface area contributed by atoms with Gasteiger partial charge in [0.25, 0.3) is 0 Å². The quantitative estimate of drug-likeness (QED) is 0.0977. The molecule has 0 heterocycles. The van der Waals surface area contributed by atoms with Crippen molar-refractivity contribution >= 4 is 23.1 Å². The van der Waals surface area contributed by atoms with Gasteiger partial charge >= 0.3 is 23.1 Å². The fraction of sp³-hybridized carbons (Fsp3) is 0.690. The Labute approximate surface area is 245 Å². The Morgan fingerprint density at radius 3 is 1.26 bits per heavy atom. The molecule has 0 aliphatic carbocycles. The molecule has 0 spiro atoms. The van der Waals surface area contributed by atoms with Gasteiger partial charge in [0.2, 0.25) is 0 Å². The van der Waals surface area contributed by atoms with E-state index in [9.17, 15) is 0 Å². The molecule has 0 unspecified atom stereocenters. The van der Waals surface area contributed by atoms with Gasteiger partial charge in [0.05, 0.1) is 0 Å². The van der Waals surface area contributed by atoms with E-state index in [0.29, 0.717) is 26.4 Å². The van der Waals surface area contributed by atoms with Crippen molar-refractivity contribution in [2.45, 2.75) is 106 Å². The van der Waals surface area contributed by atoms with E-state index in [1.54, 1.807) is 0 Å². The summed E-state index contributed by atoms with van der Waals surface area (Å²) >= 11 is 0. The Balaban J connectivity index is -0.000000140. The summed E-state index contributed by atoms with van der Waals surface area (Å²) in [5.74, 6) is 0. The predicted molar refractivity (Wildman–Crippen MR) is 151 cm³/mol. The molecule has 0 atom stereocenters. The second-order valence-corrected chi connectivity index (χ2v) is 7.96. The van der Waals surface area contributed by atoms with Crippen LogP contribution in [0.3, 0.4) is 0 Å². The topological polar surface area (TPSA) is 36.9 Å². The molecule has 0 bridgehead atoms. The van der Waals surface area contributed by atoms with Crippen LogP contribution in [0.25, 0.3) is 0 Å². The molecule has 0 aliphatic heterocycles. The van der Waals surface area contributed by atoms with E-state index in [2.05, 4.69) is 47.1 Å². The number of allylic oxidation sites excluding steroid dienone is 2. The molecular formula is C29H55BrMgO4. The zero-order valence-electron chi connectivity index (χ0n) is 24.2.